The number of aromatic nitrogens is 1. The molecule has 0 fully saturated rings. The van der Waals surface area contributed by atoms with Crippen LogP contribution in [0.1, 0.15) is 10.4 Å². The van der Waals surface area contributed by atoms with Gasteiger partial charge in [-0.15, -0.1) is 11.3 Å². The molecule has 2 heterocycles. The quantitative estimate of drug-likeness (QED) is 0.388. The third-order valence-electron chi connectivity index (χ3n) is 4.45. The van der Waals surface area contributed by atoms with Gasteiger partial charge in [0.15, 0.2) is 11.7 Å². The van der Waals surface area contributed by atoms with Gasteiger partial charge < -0.3 is 9.15 Å². The van der Waals surface area contributed by atoms with Crippen LogP contribution in [0.3, 0.4) is 0 Å². The van der Waals surface area contributed by atoms with Crippen LogP contribution in [0.15, 0.2) is 62.2 Å². The number of rotatable bonds is 5. The van der Waals surface area contributed by atoms with E-state index >= 15 is 0 Å². The SMILES string of the molecule is Cc1sc(NC(=O)COc2ccc3c(C)cc(=O)oc3c2)nc1-c1ccc(Br)cc1. The molecule has 2 aromatic heterocycles. The molecule has 0 bridgehead atoms. The van der Waals surface area contributed by atoms with E-state index in [1.807, 2.05) is 38.1 Å². The maximum absolute atomic E-state index is 12.3. The standard InChI is InChI=1S/C22H17BrN2O4S/c1-12-9-20(27)29-18-10-16(7-8-17(12)18)28-11-19(26)24-22-25-21(13(2)30-22)14-3-5-15(23)6-4-14/h3-10H,11H2,1-2H3,(H,24,25,26). The lowest BCUT2D eigenvalue weighted by Gasteiger charge is -2.07. The van der Waals surface area contributed by atoms with Crippen LogP contribution in [0, 0.1) is 13.8 Å². The molecule has 0 unspecified atom stereocenters. The molecule has 6 nitrogen and oxygen atoms in total. The predicted octanol–water partition coefficient (Wildman–Crippen LogP) is 5.31. The third-order valence-corrected chi connectivity index (χ3v) is 5.87. The Balaban J connectivity index is 1.43. The molecule has 8 heteroatoms. The van der Waals surface area contributed by atoms with Crippen molar-refractivity contribution in [1.82, 2.24) is 4.98 Å². The number of aryl methyl sites for hydroxylation is 2. The number of hydrogen-bond donors (Lipinski definition) is 1. The highest BCUT2D eigenvalue weighted by atomic mass is 79.9. The summed E-state index contributed by atoms with van der Waals surface area (Å²) >= 11 is 4.83. The number of benzene rings is 2. The van der Waals surface area contributed by atoms with E-state index in [1.165, 1.54) is 17.4 Å². The average molecular weight is 485 g/mol. The van der Waals surface area contributed by atoms with Crippen LogP contribution in [-0.4, -0.2) is 17.5 Å². The summed E-state index contributed by atoms with van der Waals surface area (Å²) < 4.78 is 11.8. The molecule has 4 rings (SSSR count). The number of thiazole rings is 1. The highest BCUT2D eigenvalue weighted by Crippen LogP contribution is 2.31. The Morgan fingerprint density at radius 1 is 1.17 bits per heavy atom. The number of amides is 1. The van der Waals surface area contributed by atoms with Crippen molar-refractivity contribution in [3.05, 3.63) is 73.9 Å². The molecule has 0 atom stereocenters. The highest BCUT2D eigenvalue weighted by Gasteiger charge is 2.13. The van der Waals surface area contributed by atoms with Crippen LogP contribution in [0.4, 0.5) is 5.13 Å². The summed E-state index contributed by atoms with van der Waals surface area (Å²) in [4.78, 5) is 29.4. The van der Waals surface area contributed by atoms with E-state index in [4.69, 9.17) is 9.15 Å². The summed E-state index contributed by atoms with van der Waals surface area (Å²) in [5.74, 6) is 0.120. The lowest BCUT2D eigenvalue weighted by Crippen LogP contribution is -2.20. The second-order valence-corrected chi connectivity index (χ2v) is 8.79. The zero-order chi connectivity index (χ0) is 21.3. The van der Waals surface area contributed by atoms with Crippen LogP contribution in [0.5, 0.6) is 5.75 Å². The van der Waals surface area contributed by atoms with Gasteiger partial charge in [-0.05, 0) is 43.7 Å². The van der Waals surface area contributed by atoms with Gasteiger partial charge in [0.05, 0.1) is 5.69 Å². The smallest absolute Gasteiger partial charge is 0.336 e. The summed E-state index contributed by atoms with van der Waals surface area (Å²) in [5, 5.41) is 4.11. The molecule has 1 amide bonds. The van der Waals surface area contributed by atoms with Crippen LogP contribution in [0.2, 0.25) is 0 Å². The van der Waals surface area contributed by atoms with Gasteiger partial charge in [0.2, 0.25) is 0 Å². The van der Waals surface area contributed by atoms with Crippen molar-refractivity contribution in [3.8, 4) is 17.0 Å². The minimum Gasteiger partial charge on any atom is -0.484 e. The van der Waals surface area contributed by atoms with E-state index in [-0.39, 0.29) is 12.5 Å². The summed E-state index contributed by atoms with van der Waals surface area (Å²) in [7, 11) is 0. The van der Waals surface area contributed by atoms with Gasteiger partial charge in [0, 0.05) is 32.4 Å². The van der Waals surface area contributed by atoms with Crippen molar-refractivity contribution in [3.63, 3.8) is 0 Å². The van der Waals surface area contributed by atoms with Crippen molar-refractivity contribution in [2.75, 3.05) is 11.9 Å². The van der Waals surface area contributed by atoms with Gasteiger partial charge in [0.25, 0.3) is 5.91 Å². The summed E-state index contributed by atoms with van der Waals surface area (Å²) in [5.41, 5.74) is 2.65. The number of fused-ring (bicyclic) bond motifs is 1. The maximum Gasteiger partial charge on any atom is 0.336 e. The second kappa shape index (κ2) is 8.41. The fourth-order valence-corrected chi connectivity index (χ4v) is 4.14. The summed E-state index contributed by atoms with van der Waals surface area (Å²) in [6.45, 7) is 3.62. The average Bonchev–Trinajstić information content (AvgIpc) is 3.06. The Morgan fingerprint density at radius 3 is 2.70 bits per heavy atom. The van der Waals surface area contributed by atoms with Crippen molar-refractivity contribution < 1.29 is 13.9 Å². The highest BCUT2D eigenvalue weighted by molar-refractivity contribution is 9.10. The normalized spacial score (nSPS) is 10.9. The van der Waals surface area contributed by atoms with E-state index in [0.29, 0.717) is 16.5 Å². The molecule has 4 aromatic rings. The minimum absolute atomic E-state index is 0.187. The van der Waals surface area contributed by atoms with Crippen molar-refractivity contribution in [1.29, 1.82) is 0 Å². The van der Waals surface area contributed by atoms with Crippen LogP contribution >= 0.6 is 27.3 Å². The molecule has 0 aliphatic heterocycles. The first-order valence-electron chi connectivity index (χ1n) is 9.09. The van der Waals surface area contributed by atoms with Crippen molar-refractivity contribution in [2.45, 2.75) is 13.8 Å². The number of carbonyl (C=O) groups is 1. The number of carbonyl (C=O) groups excluding carboxylic acids is 1. The molecule has 1 N–H and O–H groups in total. The molecular weight excluding hydrogens is 468 g/mol. The monoisotopic (exact) mass is 484 g/mol. The Labute approximate surface area is 184 Å². The van der Waals surface area contributed by atoms with Crippen molar-refractivity contribution in [2.24, 2.45) is 0 Å². The van der Waals surface area contributed by atoms with E-state index in [2.05, 4.69) is 26.2 Å². The molecule has 0 saturated carbocycles. The van der Waals surface area contributed by atoms with Crippen molar-refractivity contribution >= 4 is 49.3 Å². The largest absolute Gasteiger partial charge is 0.484 e. The second-order valence-electron chi connectivity index (χ2n) is 6.67. The Bertz CT molecular complexity index is 1290. The third kappa shape index (κ3) is 4.44. The van der Waals surface area contributed by atoms with Gasteiger partial charge in [-0.1, -0.05) is 28.1 Å². The molecule has 2 aromatic carbocycles. The number of nitrogens with one attached hydrogen (secondary N) is 1. The number of nitrogens with zero attached hydrogens (tertiary/aromatic N) is 1. The van der Waals surface area contributed by atoms with Gasteiger partial charge in [0.1, 0.15) is 11.3 Å². The lowest BCUT2D eigenvalue weighted by molar-refractivity contribution is -0.118. The molecule has 0 saturated heterocycles. The van der Waals surface area contributed by atoms with Gasteiger partial charge in [-0.25, -0.2) is 9.78 Å². The van der Waals surface area contributed by atoms with Gasteiger partial charge in [-0.3, -0.25) is 10.1 Å². The molecule has 0 aliphatic rings. The molecule has 0 spiro atoms. The molecule has 152 valence electrons. The molecule has 0 aliphatic carbocycles. The Kier molecular flexibility index (Phi) is 5.69. The fraction of sp³-hybridized carbons (Fsp3) is 0.136. The zero-order valence-corrected chi connectivity index (χ0v) is 18.6. The van der Waals surface area contributed by atoms with E-state index in [9.17, 15) is 9.59 Å². The van der Waals surface area contributed by atoms with E-state index in [0.717, 1.165) is 31.6 Å². The van der Waals surface area contributed by atoms with E-state index < -0.39 is 5.63 Å². The number of hydrogen-bond acceptors (Lipinski definition) is 6. The maximum atomic E-state index is 12.3. The first-order chi connectivity index (χ1) is 14.4. The topological polar surface area (TPSA) is 81.4 Å². The number of ether oxygens (including phenoxy) is 1. The first kappa shape index (κ1) is 20.3. The predicted molar refractivity (Wildman–Crippen MR) is 121 cm³/mol. The van der Waals surface area contributed by atoms with Gasteiger partial charge >= 0.3 is 5.63 Å². The summed E-state index contributed by atoms with van der Waals surface area (Å²) in [6.07, 6.45) is 0. The van der Waals surface area contributed by atoms with Gasteiger partial charge in [-0.2, -0.15) is 0 Å². The number of halogens is 1. The van der Waals surface area contributed by atoms with Crippen LogP contribution < -0.4 is 15.7 Å². The van der Waals surface area contributed by atoms with Crippen LogP contribution in [0.25, 0.3) is 22.2 Å². The number of anilines is 1. The Hall–Kier alpha value is -2.97. The molecule has 0 radical (unpaired) electrons. The Morgan fingerprint density at radius 2 is 1.93 bits per heavy atom. The first-order valence-corrected chi connectivity index (χ1v) is 10.7. The van der Waals surface area contributed by atoms with Crippen LogP contribution in [-0.2, 0) is 4.79 Å². The molecular formula is C22H17BrN2O4S. The minimum atomic E-state index is -0.421. The molecule has 30 heavy (non-hydrogen) atoms. The fourth-order valence-electron chi connectivity index (χ4n) is 3.02. The summed E-state index contributed by atoms with van der Waals surface area (Å²) in [6, 6.07) is 14.4. The lowest BCUT2D eigenvalue weighted by atomic mass is 10.1. The zero-order valence-electron chi connectivity index (χ0n) is 16.2. The van der Waals surface area contributed by atoms with E-state index in [1.54, 1.807) is 18.2 Å².